The van der Waals surface area contributed by atoms with Crippen molar-refractivity contribution in [2.45, 2.75) is 18.9 Å². The number of rotatable bonds is 5. The second kappa shape index (κ2) is 6.71. The van der Waals surface area contributed by atoms with Crippen molar-refractivity contribution in [3.63, 3.8) is 0 Å². The van der Waals surface area contributed by atoms with Crippen molar-refractivity contribution >= 4 is 23.3 Å². The first-order valence-electron chi connectivity index (χ1n) is 6.42. The molecule has 0 aromatic carbocycles. The first kappa shape index (κ1) is 14.8. The first-order valence-corrected chi connectivity index (χ1v) is 6.79. The van der Waals surface area contributed by atoms with Gasteiger partial charge in [-0.1, -0.05) is 11.6 Å². The van der Waals surface area contributed by atoms with Gasteiger partial charge in [0.15, 0.2) is 16.7 Å². The molecule has 1 fully saturated rings. The SMILES string of the molecule is COc1c(Cl)ncnc1NC1CCN(CC(N)=O)CC1. The Morgan fingerprint density at radius 1 is 1.55 bits per heavy atom. The fourth-order valence-electron chi connectivity index (χ4n) is 2.29. The van der Waals surface area contributed by atoms with Crippen molar-refractivity contribution in [2.24, 2.45) is 5.73 Å². The third kappa shape index (κ3) is 3.71. The van der Waals surface area contributed by atoms with Crippen LogP contribution in [-0.4, -0.2) is 53.6 Å². The molecule has 0 atom stereocenters. The predicted octanol–water partition coefficient (Wildman–Crippen LogP) is 0.500. The fraction of sp³-hybridized carbons (Fsp3) is 0.583. The van der Waals surface area contributed by atoms with E-state index in [0.717, 1.165) is 25.9 Å². The maximum absolute atomic E-state index is 10.9. The molecule has 3 N–H and O–H groups in total. The second-order valence-electron chi connectivity index (χ2n) is 4.71. The summed E-state index contributed by atoms with van der Waals surface area (Å²) in [6, 6.07) is 0.263. The van der Waals surface area contributed by atoms with Gasteiger partial charge in [-0.15, -0.1) is 0 Å². The molecule has 110 valence electrons. The van der Waals surface area contributed by atoms with Crippen LogP contribution in [0, 0.1) is 0 Å². The number of halogens is 1. The number of nitrogens with two attached hydrogens (primary N) is 1. The van der Waals surface area contributed by atoms with Crippen LogP contribution in [0.4, 0.5) is 5.82 Å². The number of ether oxygens (including phenoxy) is 1. The van der Waals surface area contributed by atoms with Crippen LogP contribution in [0.2, 0.25) is 5.15 Å². The van der Waals surface area contributed by atoms with Crippen LogP contribution in [-0.2, 0) is 4.79 Å². The number of primary amides is 1. The minimum atomic E-state index is -0.291. The van der Waals surface area contributed by atoms with E-state index >= 15 is 0 Å². The molecule has 1 saturated heterocycles. The van der Waals surface area contributed by atoms with Gasteiger partial charge in [-0.25, -0.2) is 9.97 Å². The van der Waals surface area contributed by atoms with Crippen LogP contribution >= 0.6 is 11.6 Å². The summed E-state index contributed by atoms with van der Waals surface area (Å²) in [5.74, 6) is 0.759. The summed E-state index contributed by atoms with van der Waals surface area (Å²) >= 11 is 5.95. The highest BCUT2D eigenvalue weighted by atomic mass is 35.5. The van der Waals surface area contributed by atoms with Gasteiger partial charge in [0.2, 0.25) is 5.91 Å². The maximum Gasteiger partial charge on any atom is 0.231 e. The lowest BCUT2D eigenvalue weighted by Gasteiger charge is -2.31. The standard InChI is InChI=1S/C12H18ClN5O2/c1-20-10-11(13)15-7-16-12(10)17-8-2-4-18(5-3-8)6-9(14)19/h7-8H,2-6H2,1H3,(H2,14,19)(H,15,16,17). The second-order valence-corrected chi connectivity index (χ2v) is 5.07. The summed E-state index contributed by atoms with van der Waals surface area (Å²) in [5, 5.41) is 3.60. The number of nitrogens with zero attached hydrogens (tertiary/aromatic N) is 3. The number of amides is 1. The molecule has 7 nitrogen and oxygen atoms in total. The van der Waals surface area contributed by atoms with Gasteiger partial charge in [0.05, 0.1) is 13.7 Å². The largest absolute Gasteiger partial charge is 0.490 e. The van der Waals surface area contributed by atoms with Crippen molar-refractivity contribution in [3.8, 4) is 5.75 Å². The summed E-state index contributed by atoms with van der Waals surface area (Å²) < 4.78 is 5.20. The van der Waals surface area contributed by atoms with Gasteiger partial charge < -0.3 is 15.8 Å². The third-order valence-electron chi connectivity index (χ3n) is 3.27. The van der Waals surface area contributed by atoms with E-state index in [4.69, 9.17) is 22.1 Å². The molecule has 20 heavy (non-hydrogen) atoms. The number of hydrogen-bond acceptors (Lipinski definition) is 6. The highest BCUT2D eigenvalue weighted by Crippen LogP contribution is 2.29. The molecule has 1 aliphatic rings. The summed E-state index contributed by atoms with van der Waals surface area (Å²) in [6.07, 6.45) is 3.20. The molecular weight excluding hydrogens is 282 g/mol. The van der Waals surface area contributed by atoms with E-state index in [1.165, 1.54) is 13.4 Å². The van der Waals surface area contributed by atoms with Crippen molar-refractivity contribution in [3.05, 3.63) is 11.5 Å². The Kier molecular flexibility index (Phi) is 4.97. The number of aromatic nitrogens is 2. The number of likely N-dealkylation sites (tertiary alicyclic amines) is 1. The normalized spacial score (nSPS) is 16.9. The Labute approximate surface area is 122 Å². The van der Waals surface area contributed by atoms with Crippen LogP contribution < -0.4 is 15.8 Å². The van der Waals surface area contributed by atoms with Gasteiger partial charge in [-0.2, -0.15) is 0 Å². The van der Waals surface area contributed by atoms with Gasteiger partial charge in [0.25, 0.3) is 0 Å². The average molecular weight is 300 g/mol. The van der Waals surface area contributed by atoms with Crippen molar-refractivity contribution < 1.29 is 9.53 Å². The van der Waals surface area contributed by atoms with E-state index in [0.29, 0.717) is 18.1 Å². The van der Waals surface area contributed by atoms with Crippen LogP contribution in [0.15, 0.2) is 6.33 Å². The highest BCUT2D eigenvalue weighted by Gasteiger charge is 2.22. The van der Waals surface area contributed by atoms with Crippen LogP contribution in [0.3, 0.4) is 0 Å². The quantitative estimate of drug-likeness (QED) is 0.769. The molecule has 8 heteroatoms. The zero-order valence-electron chi connectivity index (χ0n) is 11.3. The van der Waals surface area contributed by atoms with Gasteiger partial charge in [-0.05, 0) is 12.8 Å². The molecule has 1 aliphatic heterocycles. The number of hydrogen-bond donors (Lipinski definition) is 2. The Balaban J connectivity index is 1.93. The van der Waals surface area contributed by atoms with Crippen LogP contribution in [0.5, 0.6) is 5.75 Å². The minimum Gasteiger partial charge on any atom is -0.490 e. The molecule has 1 amide bonds. The van der Waals surface area contributed by atoms with E-state index < -0.39 is 0 Å². The summed E-state index contributed by atoms with van der Waals surface area (Å²) in [4.78, 5) is 21.0. The predicted molar refractivity (Wildman–Crippen MR) is 75.9 cm³/mol. The molecular formula is C12H18ClN5O2. The van der Waals surface area contributed by atoms with E-state index in [-0.39, 0.29) is 17.1 Å². The molecule has 1 aromatic rings. The van der Waals surface area contributed by atoms with Gasteiger partial charge in [0, 0.05) is 19.1 Å². The molecule has 2 rings (SSSR count). The molecule has 2 heterocycles. The highest BCUT2D eigenvalue weighted by molar-refractivity contribution is 6.31. The number of methoxy groups -OCH3 is 1. The van der Waals surface area contributed by atoms with Crippen molar-refractivity contribution in [1.82, 2.24) is 14.9 Å². The summed E-state index contributed by atoms with van der Waals surface area (Å²) in [5.41, 5.74) is 5.19. The number of carbonyl (C=O) groups excluding carboxylic acids is 1. The number of carbonyl (C=O) groups is 1. The molecule has 0 saturated carbocycles. The Morgan fingerprint density at radius 3 is 2.85 bits per heavy atom. The molecule has 0 radical (unpaired) electrons. The van der Waals surface area contributed by atoms with E-state index in [2.05, 4.69) is 15.3 Å². The smallest absolute Gasteiger partial charge is 0.231 e. The summed E-state index contributed by atoms with van der Waals surface area (Å²) in [7, 11) is 1.53. The molecule has 0 bridgehead atoms. The molecule has 1 aromatic heterocycles. The Morgan fingerprint density at radius 2 is 2.25 bits per heavy atom. The lowest BCUT2D eigenvalue weighted by Crippen LogP contribution is -2.43. The molecule has 0 aliphatic carbocycles. The first-order chi connectivity index (χ1) is 9.60. The Hall–Kier alpha value is -1.60. The van der Waals surface area contributed by atoms with E-state index in [1.54, 1.807) is 0 Å². The minimum absolute atomic E-state index is 0.263. The average Bonchev–Trinajstić information content (AvgIpc) is 2.41. The van der Waals surface area contributed by atoms with Crippen molar-refractivity contribution in [2.75, 3.05) is 32.1 Å². The van der Waals surface area contributed by atoms with Gasteiger partial charge in [0.1, 0.15) is 6.33 Å². The fourth-order valence-corrected chi connectivity index (χ4v) is 2.50. The lowest BCUT2D eigenvalue weighted by atomic mass is 10.1. The zero-order chi connectivity index (χ0) is 14.5. The molecule has 0 unspecified atom stereocenters. The van der Waals surface area contributed by atoms with Crippen LogP contribution in [0.1, 0.15) is 12.8 Å². The number of anilines is 1. The van der Waals surface area contributed by atoms with Gasteiger partial charge >= 0.3 is 0 Å². The van der Waals surface area contributed by atoms with E-state index in [9.17, 15) is 4.79 Å². The number of piperidine rings is 1. The zero-order valence-corrected chi connectivity index (χ0v) is 12.1. The van der Waals surface area contributed by atoms with Gasteiger partial charge in [-0.3, -0.25) is 9.69 Å². The maximum atomic E-state index is 10.9. The summed E-state index contributed by atoms with van der Waals surface area (Å²) in [6.45, 7) is 1.96. The monoisotopic (exact) mass is 299 g/mol. The topological polar surface area (TPSA) is 93.4 Å². The molecule has 0 spiro atoms. The van der Waals surface area contributed by atoms with Crippen molar-refractivity contribution in [1.29, 1.82) is 0 Å². The third-order valence-corrected chi connectivity index (χ3v) is 3.54. The lowest BCUT2D eigenvalue weighted by molar-refractivity contribution is -0.119. The number of nitrogens with one attached hydrogen (secondary N) is 1. The van der Waals surface area contributed by atoms with Crippen LogP contribution in [0.25, 0.3) is 0 Å². The Bertz CT molecular complexity index is 477. The van der Waals surface area contributed by atoms with E-state index in [1.807, 2.05) is 4.90 Å².